The van der Waals surface area contributed by atoms with Gasteiger partial charge in [-0.15, -0.1) is 0 Å². The van der Waals surface area contributed by atoms with Crippen LogP contribution in [0.2, 0.25) is 0 Å². The molecule has 1 aromatic heterocycles. The van der Waals surface area contributed by atoms with E-state index >= 15 is 0 Å². The Morgan fingerprint density at radius 2 is 2.17 bits per heavy atom. The van der Waals surface area contributed by atoms with Gasteiger partial charge in [0.2, 0.25) is 0 Å². The van der Waals surface area contributed by atoms with Crippen LogP contribution in [0.3, 0.4) is 0 Å². The van der Waals surface area contributed by atoms with Crippen molar-refractivity contribution < 1.29 is 0 Å². The minimum absolute atomic E-state index is 0.661. The molecule has 4 nitrogen and oxygen atoms in total. The first kappa shape index (κ1) is 13.6. The topological polar surface area (TPSA) is 24.3 Å². The first-order valence-electron chi connectivity index (χ1n) is 7.04. The Morgan fingerprint density at radius 3 is 2.78 bits per heavy atom. The highest BCUT2D eigenvalue weighted by atomic mass is 15.3. The fraction of sp³-hybridized carbons (Fsp3) is 0.786. The maximum Gasteiger partial charge on any atom is 0.0534 e. The second-order valence-corrected chi connectivity index (χ2v) is 5.75. The van der Waals surface area contributed by atoms with Gasteiger partial charge in [-0.2, -0.15) is 5.10 Å². The fourth-order valence-electron chi connectivity index (χ4n) is 2.72. The van der Waals surface area contributed by atoms with Gasteiger partial charge >= 0.3 is 0 Å². The highest BCUT2D eigenvalue weighted by Crippen LogP contribution is 2.18. The SMILES string of the molecule is CCn1cc(CN2CCN(C)C[C@H]2C(C)C)cn1. The number of hydrogen-bond acceptors (Lipinski definition) is 3. The molecule has 2 rings (SSSR count). The molecule has 0 aromatic carbocycles. The van der Waals surface area contributed by atoms with Gasteiger partial charge < -0.3 is 4.90 Å². The van der Waals surface area contributed by atoms with E-state index in [4.69, 9.17) is 0 Å². The van der Waals surface area contributed by atoms with Crippen LogP contribution in [0, 0.1) is 5.92 Å². The molecule has 0 aliphatic carbocycles. The van der Waals surface area contributed by atoms with Gasteiger partial charge in [0, 0.05) is 50.5 Å². The Morgan fingerprint density at radius 1 is 1.39 bits per heavy atom. The molecular formula is C14H26N4. The molecule has 1 aromatic rings. The van der Waals surface area contributed by atoms with Gasteiger partial charge in [-0.1, -0.05) is 13.8 Å². The van der Waals surface area contributed by atoms with E-state index in [-0.39, 0.29) is 0 Å². The first-order chi connectivity index (χ1) is 8.60. The molecule has 0 unspecified atom stereocenters. The highest BCUT2D eigenvalue weighted by molar-refractivity contribution is 5.04. The predicted octanol–water partition coefficient (Wildman–Crippen LogP) is 1.67. The van der Waals surface area contributed by atoms with Gasteiger partial charge in [-0.05, 0) is 19.9 Å². The van der Waals surface area contributed by atoms with Crippen LogP contribution in [-0.4, -0.2) is 52.3 Å². The second-order valence-electron chi connectivity index (χ2n) is 5.75. The second kappa shape index (κ2) is 5.85. The van der Waals surface area contributed by atoms with Crippen molar-refractivity contribution in [1.82, 2.24) is 19.6 Å². The molecule has 1 aliphatic rings. The van der Waals surface area contributed by atoms with Crippen molar-refractivity contribution in [3.63, 3.8) is 0 Å². The van der Waals surface area contributed by atoms with Crippen LogP contribution in [0.5, 0.6) is 0 Å². The number of piperazine rings is 1. The minimum Gasteiger partial charge on any atom is -0.304 e. The average molecular weight is 250 g/mol. The molecule has 0 amide bonds. The van der Waals surface area contributed by atoms with E-state index in [1.165, 1.54) is 18.7 Å². The molecule has 2 heterocycles. The Kier molecular flexibility index (Phi) is 4.40. The number of rotatable bonds is 4. The number of aryl methyl sites for hydroxylation is 1. The molecule has 1 aliphatic heterocycles. The number of aromatic nitrogens is 2. The third kappa shape index (κ3) is 3.12. The summed E-state index contributed by atoms with van der Waals surface area (Å²) in [5.41, 5.74) is 1.34. The number of hydrogen-bond donors (Lipinski definition) is 0. The largest absolute Gasteiger partial charge is 0.304 e. The summed E-state index contributed by atoms with van der Waals surface area (Å²) < 4.78 is 2.01. The number of likely N-dealkylation sites (N-methyl/N-ethyl adjacent to an activating group) is 1. The molecule has 0 bridgehead atoms. The molecule has 1 fully saturated rings. The molecule has 18 heavy (non-hydrogen) atoms. The molecule has 1 atom stereocenters. The smallest absolute Gasteiger partial charge is 0.0534 e. The van der Waals surface area contributed by atoms with Crippen molar-refractivity contribution in [2.24, 2.45) is 5.92 Å². The Bertz CT molecular complexity index is 372. The van der Waals surface area contributed by atoms with Crippen LogP contribution in [0.1, 0.15) is 26.3 Å². The standard InChI is InChI=1S/C14H26N4/c1-5-18-10-13(8-15-18)9-17-7-6-16(4)11-14(17)12(2)3/h8,10,12,14H,5-7,9,11H2,1-4H3/t14-/m0/s1. The van der Waals surface area contributed by atoms with Gasteiger partial charge in [-0.25, -0.2) is 0 Å². The number of nitrogens with zero attached hydrogens (tertiary/aromatic N) is 4. The molecule has 4 heteroatoms. The summed E-state index contributed by atoms with van der Waals surface area (Å²) >= 11 is 0. The van der Waals surface area contributed by atoms with E-state index in [0.717, 1.165) is 19.6 Å². The van der Waals surface area contributed by atoms with E-state index in [2.05, 4.69) is 48.9 Å². The van der Waals surface area contributed by atoms with Gasteiger partial charge in [0.25, 0.3) is 0 Å². The van der Waals surface area contributed by atoms with E-state index < -0.39 is 0 Å². The summed E-state index contributed by atoms with van der Waals surface area (Å²) in [6, 6.07) is 0.661. The monoisotopic (exact) mass is 250 g/mol. The van der Waals surface area contributed by atoms with Gasteiger partial charge in [0.15, 0.2) is 0 Å². The lowest BCUT2D eigenvalue weighted by Gasteiger charge is -2.42. The molecule has 0 N–H and O–H groups in total. The first-order valence-corrected chi connectivity index (χ1v) is 7.04. The van der Waals surface area contributed by atoms with Crippen molar-refractivity contribution in [2.75, 3.05) is 26.7 Å². The summed E-state index contributed by atoms with van der Waals surface area (Å²) in [4.78, 5) is 5.05. The van der Waals surface area contributed by atoms with Crippen molar-refractivity contribution in [2.45, 2.75) is 39.9 Å². The third-order valence-electron chi connectivity index (χ3n) is 3.90. The predicted molar refractivity (Wildman–Crippen MR) is 74.4 cm³/mol. The lowest BCUT2D eigenvalue weighted by Crippen LogP contribution is -2.53. The van der Waals surface area contributed by atoms with Crippen LogP contribution in [0.25, 0.3) is 0 Å². The van der Waals surface area contributed by atoms with Gasteiger partial charge in [0.05, 0.1) is 6.20 Å². The molecule has 102 valence electrons. The van der Waals surface area contributed by atoms with Crippen molar-refractivity contribution in [3.05, 3.63) is 18.0 Å². The Labute approximate surface area is 111 Å². The average Bonchev–Trinajstić information content (AvgIpc) is 2.79. The Hall–Kier alpha value is -0.870. The molecular weight excluding hydrogens is 224 g/mol. The van der Waals surface area contributed by atoms with Crippen molar-refractivity contribution >= 4 is 0 Å². The normalized spacial score (nSPS) is 22.8. The van der Waals surface area contributed by atoms with Gasteiger partial charge in [-0.3, -0.25) is 9.58 Å². The zero-order valence-electron chi connectivity index (χ0n) is 12.1. The van der Waals surface area contributed by atoms with E-state index in [1.54, 1.807) is 0 Å². The Balaban J connectivity index is 2.01. The summed E-state index contributed by atoms with van der Waals surface area (Å²) in [6.45, 7) is 12.3. The quantitative estimate of drug-likeness (QED) is 0.812. The van der Waals surface area contributed by atoms with Crippen LogP contribution < -0.4 is 0 Å². The van der Waals surface area contributed by atoms with E-state index in [0.29, 0.717) is 12.0 Å². The van der Waals surface area contributed by atoms with E-state index in [9.17, 15) is 0 Å². The lowest BCUT2D eigenvalue weighted by molar-refractivity contribution is 0.0571. The molecule has 1 saturated heterocycles. The zero-order valence-corrected chi connectivity index (χ0v) is 12.1. The van der Waals surface area contributed by atoms with Crippen LogP contribution in [0.15, 0.2) is 12.4 Å². The van der Waals surface area contributed by atoms with Crippen LogP contribution >= 0.6 is 0 Å². The summed E-state index contributed by atoms with van der Waals surface area (Å²) in [6.07, 6.45) is 4.19. The highest BCUT2D eigenvalue weighted by Gasteiger charge is 2.27. The maximum atomic E-state index is 4.36. The third-order valence-corrected chi connectivity index (χ3v) is 3.90. The van der Waals surface area contributed by atoms with E-state index in [1.807, 2.05) is 10.9 Å². The minimum atomic E-state index is 0.661. The van der Waals surface area contributed by atoms with Crippen LogP contribution in [0.4, 0.5) is 0 Å². The lowest BCUT2D eigenvalue weighted by atomic mass is 9.99. The summed E-state index contributed by atoms with van der Waals surface area (Å²) in [5.74, 6) is 0.703. The molecule has 0 spiro atoms. The van der Waals surface area contributed by atoms with Crippen LogP contribution in [-0.2, 0) is 13.1 Å². The zero-order chi connectivity index (χ0) is 13.1. The van der Waals surface area contributed by atoms with Gasteiger partial charge in [0.1, 0.15) is 0 Å². The maximum absolute atomic E-state index is 4.36. The van der Waals surface area contributed by atoms with Crippen molar-refractivity contribution in [1.29, 1.82) is 0 Å². The summed E-state index contributed by atoms with van der Waals surface area (Å²) in [7, 11) is 2.22. The summed E-state index contributed by atoms with van der Waals surface area (Å²) in [5, 5.41) is 4.36. The fourth-order valence-corrected chi connectivity index (χ4v) is 2.72. The molecule has 0 radical (unpaired) electrons. The van der Waals surface area contributed by atoms with Crippen molar-refractivity contribution in [3.8, 4) is 0 Å². The molecule has 0 saturated carbocycles.